The molecule has 0 radical (unpaired) electrons. The summed E-state index contributed by atoms with van der Waals surface area (Å²) < 4.78 is 25.5. The summed E-state index contributed by atoms with van der Waals surface area (Å²) in [6.45, 7) is 3.77. The third-order valence-electron chi connectivity index (χ3n) is 7.51. The van der Waals surface area contributed by atoms with Gasteiger partial charge < -0.3 is 19.3 Å². The van der Waals surface area contributed by atoms with Gasteiger partial charge in [0.25, 0.3) is 5.91 Å². The number of methoxy groups -OCH3 is 1. The minimum Gasteiger partial charge on any atom is -0.453 e. The molecule has 2 saturated heterocycles. The van der Waals surface area contributed by atoms with Crippen LogP contribution in [0.4, 0.5) is 20.7 Å². The number of amides is 2. The summed E-state index contributed by atoms with van der Waals surface area (Å²) in [5, 5.41) is 8.27. The summed E-state index contributed by atoms with van der Waals surface area (Å²) in [5.41, 5.74) is 2.61. The maximum atomic E-state index is 13.3. The largest absolute Gasteiger partial charge is 0.453 e. The van der Waals surface area contributed by atoms with Gasteiger partial charge in [-0.1, -0.05) is 0 Å². The highest BCUT2D eigenvalue weighted by Gasteiger charge is 2.28. The van der Waals surface area contributed by atoms with Crippen molar-refractivity contribution in [1.29, 1.82) is 0 Å². The molecule has 12 heteroatoms. The Kier molecular flexibility index (Phi) is 7.47. The number of likely N-dealkylation sites (tertiary alicyclic amines) is 1. The van der Waals surface area contributed by atoms with E-state index in [-0.39, 0.29) is 17.8 Å². The van der Waals surface area contributed by atoms with E-state index in [4.69, 9.17) is 19.8 Å². The number of fused-ring (bicyclic) bond motifs is 1. The molecule has 0 unspecified atom stereocenters. The summed E-state index contributed by atoms with van der Waals surface area (Å²) in [6.07, 6.45) is 2.70. The van der Waals surface area contributed by atoms with Crippen LogP contribution in [0, 0.1) is 5.82 Å². The highest BCUT2D eigenvalue weighted by molar-refractivity contribution is 5.94. The second-order valence-electron chi connectivity index (χ2n) is 10.0. The fourth-order valence-electron chi connectivity index (χ4n) is 5.28. The van der Waals surface area contributed by atoms with Gasteiger partial charge in [-0.25, -0.2) is 23.8 Å². The second-order valence-corrected chi connectivity index (χ2v) is 10.0. The second kappa shape index (κ2) is 11.5. The van der Waals surface area contributed by atoms with Gasteiger partial charge in [-0.15, -0.1) is 0 Å². The predicted molar refractivity (Wildman–Crippen MR) is 150 cm³/mol. The van der Waals surface area contributed by atoms with Crippen molar-refractivity contribution in [2.45, 2.75) is 18.9 Å². The van der Waals surface area contributed by atoms with Crippen LogP contribution in [-0.2, 0) is 9.47 Å². The molecule has 2 aliphatic heterocycles. The van der Waals surface area contributed by atoms with Gasteiger partial charge in [0.05, 0.1) is 37.9 Å². The minimum absolute atomic E-state index is 0.0525. The minimum atomic E-state index is -0.542. The van der Waals surface area contributed by atoms with E-state index in [1.165, 1.54) is 31.4 Å². The van der Waals surface area contributed by atoms with Crippen molar-refractivity contribution in [3.63, 3.8) is 0 Å². The van der Waals surface area contributed by atoms with Gasteiger partial charge in [-0.05, 0) is 61.4 Å². The fourth-order valence-corrected chi connectivity index (χ4v) is 5.28. The van der Waals surface area contributed by atoms with Gasteiger partial charge in [0.2, 0.25) is 0 Å². The Labute approximate surface area is 235 Å². The number of anilines is 2. The predicted octanol–water partition coefficient (Wildman–Crippen LogP) is 4.12. The number of piperidine rings is 1. The lowest BCUT2D eigenvalue weighted by Gasteiger charge is -2.32. The van der Waals surface area contributed by atoms with Crippen molar-refractivity contribution < 1.29 is 23.5 Å². The number of halogens is 1. The number of hydrogen-bond acceptors (Lipinski definition) is 8. The molecule has 1 N–H and O–H groups in total. The van der Waals surface area contributed by atoms with E-state index in [9.17, 15) is 14.0 Å². The normalized spacial score (nSPS) is 16.1. The molecule has 4 aromatic rings. The standard InChI is InChI=1S/C29H30FN7O4/c1-40-29(39)32-22-8-4-19(5-9-22)25-33-26(35-14-16-41-17-15-35)24-18-31-37(27(24)34-25)23-10-12-36(13-11-23)28(38)20-2-6-21(30)7-3-20/h2-9,18,23H,10-17H2,1H3,(H,32,39). The average molecular weight is 560 g/mol. The number of ether oxygens (including phenoxy) is 2. The molecule has 2 fully saturated rings. The van der Waals surface area contributed by atoms with Crippen LogP contribution in [0.15, 0.2) is 54.7 Å². The SMILES string of the molecule is COC(=O)Nc1ccc(-c2nc(N3CCOCC3)c3cnn(C4CCN(C(=O)c5ccc(F)cc5)CC4)c3n2)cc1. The Morgan fingerprint density at radius 3 is 2.37 bits per heavy atom. The first-order chi connectivity index (χ1) is 20.0. The van der Waals surface area contributed by atoms with Crippen LogP contribution in [0.1, 0.15) is 29.2 Å². The zero-order chi connectivity index (χ0) is 28.3. The topological polar surface area (TPSA) is 115 Å². The number of morpholine rings is 1. The third kappa shape index (κ3) is 5.55. The Hall–Kier alpha value is -4.58. The molecular formula is C29H30FN7O4. The monoisotopic (exact) mass is 559 g/mol. The van der Waals surface area contributed by atoms with E-state index in [1.807, 2.05) is 23.0 Å². The molecule has 0 aliphatic carbocycles. The van der Waals surface area contributed by atoms with Crippen LogP contribution in [0.3, 0.4) is 0 Å². The lowest BCUT2D eigenvalue weighted by molar-refractivity contribution is 0.0691. The van der Waals surface area contributed by atoms with Crippen molar-refractivity contribution in [2.24, 2.45) is 0 Å². The molecule has 11 nitrogen and oxygen atoms in total. The van der Waals surface area contributed by atoms with Crippen molar-refractivity contribution in [2.75, 3.05) is 56.7 Å². The molecule has 212 valence electrons. The van der Waals surface area contributed by atoms with Crippen LogP contribution in [-0.4, -0.2) is 83.2 Å². The molecule has 2 aromatic heterocycles. The third-order valence-corrected chi connectivity index (χ3v) is 7.51. The van der Waals surface area contributed by atoms with E-state index < -0.39 is 6.09 Å². The van der Waals surface area contributed by atoms with Crippen LogP contribution in [0.5, 0.6) is 0 Å². The molecule has 0 saturated carbocycles. The Balaban J connectivity index is 1.29. The zero-order valence-corrected chi connectivity index (χ0v) is 22.6. The Morgan fingerprint density at radius 1 is 0.976 bits per heavy atom. The highest BCUT2D eigenvalue weighted by atomic mass is 19.1. The van der Waals surface area contributed by atoms with Crippen LogP contribution < -0.4 is 10.2 Å². The molecule has 0 spiro atoms. The highest BCUT2D eigenvalue weighted by Crippen LogP contribution is 2.32. The van der Waals surface area contributed by atoms with Gasteiger partial charge >= 0.3 is 6.09 Å². The van der Waals surface area contributed by atoms with Crippen molar-refractivity contribution in [3.05, 3.63) is 66.1 Å². The molecule has 4 heterocycles. The maximum Gasteiger partial charge on any atom is 0.411 e. The molecule has 41 heavy (non-hydrogen) atoms. The van der Waals surface area contributed by atoms with Crippen molar-refractivity contribution in [3.8, 4) is 11.4 Å². The molecule has 2 amide bonds. The molecule has 0 atom stereocenters. The van der Waals surface area contributed by atoms with Crippen molar-refractivity contribution in [1.82, 2.24) is 24.6 Å². The molecular weight excluding hydrogens is 529 g/mol. The number of nitrogens with zero attached hydrogens (tertiary/aromatic N) is 6. The van der Waals surface area contributed by atoms with E-state index in [2.05, 4.69) is 15.0 Å². The first-order valence-corrected chi connectivity index (χ1v) is 13.6. The van der Waals surface area contributed by atoms with Gasteiger partial charge in [-0.3, -0.25) is 10.1 Å². The summed E-state index contributed by atoms with van der Waals surface area (Å²) >= 11 is 0. The molecule has 2 aromatic carbocycles. The van der Waals surface area contributed by atoms with E-state index >= 15 is 0 Å². The molecule has 0 bridgehead atoms. The quantitative estimate of drug-likeness (QED) is 0.388. The van der Waals surface area contributed by atoms with Crippen LogP contribution in [0.2, 0.25) is 0 Å². The summed E-state index contributed by atoms with van der Waals surface area (Å²) in [7, 11) is 1.32. The number of benzene rings is 2. The zero-order valence-electron chi connectivity index (χ0n) is 22.6. The summed E-state index contributed by atoms with van der Waals surface area (Å²) in [4.78, 5) is 38.4. The smallest absolute Gasteiger partial charge is 0.411 e. The molecule has 2 aliphatic rings. The van der Waals surface area contributed by atoms with Crippen LogP contribution in [0.25, 0.3) is 22.4 Å². The number of nitrogens with one attached hydrogen (secondary N) is 1. The van der Waals surface area contributed by atoms with Crippen LogP contribution >= 0.6 is 0 Å². The van der Waals surface area contributed by atoms with Gasteiger partial charge in [0, 0.05) is 43.0 Å². The number of hydrogen-bond donors (Lipinski definition) is 1. The fraction of sp³-hybridized carbons (Fsp3) is 0.345. The lowest BCUT2D eigenvalue weighted by atomic mass is 10.0. The summed E-state index contributed by atoms with van der Waals surface area (Å²) in [6, 6.07) is 13.0. The average Bonchev–Trinajstić information content (AvgIpc) is 3.45. The summed E-state index contributed by atoms with van der Waals surface area (Å²) in [5.74, 6) is 0.894. The van der Waals surface area contributed by atoms with Gasteiger partial charge in [-0.2, -0.15) is 5.10 Å². The number of carbonyl (C=O) groups is 2. The van der Waals surface area contributed by atoms with Gasteiger partial charge in [0.1, 0.15) is 11.6 Å². The first-order valence-electron chi connectivity index (χ1n) is 13.6. The van der Waals surface area contributed by atoms with E-state index in [0.29, 0.717) is 69.3 Å². The number of carbonyl (C=O) groups excluding carboxylic acids is 2. The lowest BCUT2D eigenvalue weighted by Crippen LogP contribution is -2.39. The number of aromatic nitrogens is 4. The van der Waals surface area contributed by atoms with Gasteiger partial charge in [0.15, 0.2) is 11.5 Å². The first kappa shape index (κ1) is 26.6. The van der Waals surface area contributed by atoms with E-state index in [1.54, 1.807) is 17.0 Å². The Bertz CT molecular complexity index is 1540. The van der Waals surface area contributed by atoms with Crippen molar-refractivity contribution >= 4 is 34.5 Å². The Morgan fingerprint density at radius 2 is 1.68 bits per heavy atom. The maximum absolute atomic E-state index is 13.3. The molecule has 6 rings (SSSR count). The number of rotatable bonds is 5. The van der Waals surface area contributed by atoms with E-state index in [0.717, 1.165) is 22.4 Å².